The topological polar surface area (TPSA) is 62.5 Å². The smallest absolute Gasteiger partial charge is 0.371 e. The summed E-state index contributed by atoms with van der Waals surface area (Å²) in [4.78, 5) is 10.9. The van der Waals surface area contributed by atoms with Gasteiger partial charge < -0.3 is 14.8 Å². The fraction of sp³-hybridized carbons (Fsp3) is 0.0625. The SMILES string of the molecule is O=C(O)c1cc2cc(CNc3cccc(F)c3)ccc2o1. The summed E-state index contributed by atoms with van der Waals surface area (Å²) in [6.07, 6.45) is 0. The lowest BCUT2D eigenvalue weighted by Crippen LogP contribution is -1.99. The summed E-state index contributed by atoms with van der Waals surface area (Å²) in [5, 5.41) is 12.7. The van der Waals surface area contributed by atoms with Crippen LogP contribution < -0.4 is 5.32 Å². The molecule has 0 fully saturated rings. The van der Waals surface area contributed by atoms with Crippen molar-refractivity contribution in [1.82, 2.24) is 0 Å². The van der Waals surface area contributed by atoms with E-state index in [1.165, 1.54) is 18.2 Å². The lowest BCUT2D eigenvalue weighted by atomic mass is 10.1. The van der Waals surface area contributed by atoms with Crippen LogP contribution in [-0.4, -0.2) is 11.1 Å². The summed E-state index contributed by atoms with van der Waals surface area (Å²) >= 11 is 0. The number of aromatic carboxylic acids is 1. The Kier molecular flexibility index (Phi) is 3.31. The minimum Gasteiger partial charge on any atom is -0.475 e. The number of furan rings is 1. The fourth-order valence-corrected chi connectivity index (χ4v) is 2.11. The number of carboxylic acids is 1. The first kappa shape index (κ1) is 13.2. The average molecular weight is 285 g/mol. The second kappa shape index (κ2) is 5.28. The highest BCUT2D eigenvalue weighted by molar-refractivity contribution is 5.91. The number of halogens is 1. The number of anilines is 1. The van der Waals surface area contributed by atoms with Crippen LogP contribution in [0.1, 0.15) is 16.1 Å². The van der Waals surface area contributed by atoms with Crippen molar-refractivity contribution in [3.63, 3.8) is 0 Å². The van der Waals surface area contributed by atoms with Crippen molar-refractivity contribution in [3.05, 3.63) is 65.7 Å². The van der Waals surface area contributed by atoms with Gasteiger partial charge in [-0.15, -0.1) is 0 Å². The Morgan fingerprint density at radius 3 is 2.81 bits per heavy atom. The molecule has 5 heteroatoms. The lowest BCUT2D eigenvalue weighted by molar-refractivity contribution is 0.0665. The van der Waals surface area contributed by atoms with Crippen molar-refractivity contribution in [2.45, 2.75) is 6.54 Å². The number of nitrogens with one attached hydrogen (secondary N) is 1. The molecular formula is C16H12FNO3. The number of rotatable bonds is 4. The third kappa shape index (κ3) is 2.86. The highest BCUT2D eigenvalue weighted by Crippen LogP contribution is 2.21. The lowest BCUT2D eigenvalue weighted by Gasteiger charge is -2.06. The van der Waals surface area contributed by atoms with Crippen molar-refractivity contribution < 1.29 is 18.7 Å². The van der Waals surface area contributed by atoms with Gasteiger partial charge in [-0.05, 0) is 42.0 Å². The largest absolute Gasteiger partial charge is 0.475 e. The predicted molar refractivity (Wildman–Crippen MR) is 76.9 cm³/mol. The molecule has 4 nitrogen and oxygen atoms in total. The molecule has 21 heavy (non-hydrogen) atoms. The van der Waals surface area contributed by atoms with Crippen LogP contribution in [0, 0.1) is 5.82 Å². The minimum atomic E-state index is -1.09. The number of carboxylic acid groups (broad SMARTS) is 1. The average Bonchev–Trinajstić information content (AvgIpc) is 2.88. The molecule has 2 N–H and O–H groups in total. The highest BCUT2D eigenvalue weighted by atomic mass is 19.1. The third-order valence-corrected chi connectivity index (χ3v) is 3.11. The van der Waals surface area contributed by atoms with Gasteiger partial charge in [0.05, 0.1) is 0 Å². The number of carbonyl (C=O) groups is 1. The monoisotopic (exact) mass is 285 g/mol. The zero-order chi connectivity index (χ0) is 14.8. The number of benzene rings is 2. The van der Waals surface area contributed by atoms with E-state index in [0.717, 1.165) is 10.9 Å². The molecule has 3 aromatic rings. The molecule has 2 aromatic carbocycles. The Labute approximate surface area is 119 Å². The van der Waals surface area contributed by atoms with Crippen molar-refractivity contribution in [3.8, 4) is 0 Å². The molecule has 0 bridgehead atoms. The number of fused-ring (bicyclic) bond motifs is 1. The van der Waals surface area contributed by atoms with Crippen LogP contribution in [0.15, 0.2) is 52.9 Å². The van der Waals surface area contributed by atoms with Gasteiger partial charge in [-0.1, -0.05) is 12.1 Å². The maximum atomic E-state index is 13.1. The quantitative estimate of drug-likeness (QED) is 0.763. The first-order valence-corrected chi connectivity index (χ1v) is 6.37. The van der Waals surface area contributed by atoms with Crippen molar-refractivity contribution in [2.75, 3.05) is 5.32 Å². The van der Waals surface area contributed by atoms with E-state index in [2.05, 4.69) is 5.32 Å². The molecule has 0 spiro atoms. The molecule has 1 aromatic heterocycles. The Bertz CT molecular complexity index is 810. The van der Waals surface area contributed by atoms with Gasteiger partial charge >= 0.3 is 5.97 Å². The minimum absolute atomic E-state index is 0.0831. The predicted octanol–water partition coefficient (Wildman–Crippen LogP) is 3.88. The summed E-state index contributed by atoms with van der Waals surface area (Å²) in [7, 11) is 0. The second-order valence-corrected chi connectivity index (χ2v) is 4.65. The van der Waals surface area contributed by atoms with Crippen LogP contribution >= 0.6 is 0 Å². The van der Waals surface area contributed by atoms with Gasteiger partial charge in [-0.25, -0.2) is 9.18 Å². The van der Waals surface area contributed by atoms with E-state index in [-0.39, 0.29) is 11.6 Å². The first-order valence-electron chi connectivity index (χ1n) is 6.37. The van der Waals surface area contributed by atoms with E-state index in [4.69, 9.17) is 9.52 Å². The van der Waals surface area contributed by atoms with Gasteiger partial charge in [-0.2, -0.15) is 0 Å². The summed E-state index contributed by atoms with van der Waals surface area (Å²) in [6, 6.07) is 13.1. The molecule has 0 aliphatic carbocycles. The maximum Gasteiger partial charge on any atom is 0.371 e. The zero-order valence-corrected chi connectivity index (χ0v) is 11.0. The molecule has 0 aliphatic heterocycles. The summed E-state index contributed by atoms with van der Waals surface area (Å²) in [6.45, 7) is 0.507. The Hall–Kier alpha value is -2.82. The fourth-order valence-electron chi connectivity index (χ4n) is 2.11. The van der Waals surface area contributed by atoms with E-state index in [1.54, 1.807) is 18.2 Å². The van der Waals surface area contributed by atoms with Gasteiger partial charge in [-0.3, -0.25) is 0 Å². The molecule has 3 rings (SSSR count). The van der Waals surface area contributed by atoms with Crippen LogP contribution in [0.5, 0.6) is 0 Å². The van der Waals surface area contributed by atoms with Gasteiger partial charge in [0.15, 0.2) is 0 Å². The molecule has 0 saturated heterocycles. The van der Waals surface area contributed by atoms with Crippen LogP contribution in [0.4, 0.5) is 10.1 Å². The van der Waals surface area contributed by atoms with Crippen LogP contribution in [0.3, 0.4) is 0 Å². The van der Waals surface area contributed by atoms with E-state index in [1.807, 2.05) is 12.1 Å². The van der Waals surface area contributed by atoms with Crippen LogP contribution in [0.25, 0.3) is 11.0 Å². The van der Waals surface area contributed by atoms with Crippen molar-refractivity contribution in [1.29, 1.82) is 0 Å². The Morgan fingerprint density at radius 2 is 2.05 bits per heavy atom. The van der Waals surface area contributed by atoms with E-state index in [9.17, 15) is 9.18 Å². The summed E-state index contributed by atoms with van der Waals surface area (Å²) < 4.78 is 18.3. The van der Waals surface area contributed by atoms with Gasteiger partial charge in [0.2, 0.25) is 5.76 Å². The molecule has 1 heterocycles. The van der Waals surface area contributed by atoms with Crippen molar-refractivity contribution in [2.24, 2.45) is 0 Å². The third-order valence-electron chi connectivity index (χ3n) is 3.11. The highest BCUT2D eigenvalue weighted by Gasteiger charge is 2.10. The molecule has 0 aliphatic rings. The molecular weight excluding hydrogens is 273 g/mol. The second-order valence-electron chi connectivity index (χ2n) is 4.65. The van der Waals surface area contributed by atoms with Gasteiger partial charge in [0.1, 0.15) is 11.4 Å². The first-order chi connectivity index (χ1) is 10.1. The molecule has 0 atom stereocenters. The molecule has 106 valence electrons. The van der Waals surface area contributed by atoms with Crippen molar-refractivity contribution >= 4 is 22.6 Å². The Morgan fingerprint density at radius 1 is 1.19 bits per heavy atom. The van der Waals surface area contributed by atoms with Crippen LogP contribution in [-0.2, 0) is 6.54 Å². The van der Waals surface area contributed by atoms with Crippen LogP contribution in [0.2, 0.25) is 0 Å². The zero-order valence-electron chi connectivity index (χ0n) is 11.0. The molecule has 0 radical (unpaired) electrons. The molecule has 0 amide bonds. The van der Waals surface area contributed by atoms with E-state index < -0.39 is 5.97 Å². The maximum absolute atomic E-state index is 13.1. The summed E-state index contributed by atoms with van der Waals surface area (Å²) in [5.41, 5.74) is 2.17. The Balaban J connectivity index is 1.79. The number of hydrogen-bond donors (Lipinski definition) is 2. The normalized spacial score (nSPS) is 10.7. The van der Waals surface area contributed by atoms with E-state index >= 15 is 0 Å². The molecule has 0 saturated carbocycles. The standard InChI is InChI=1S/C16H12FNO3/c17-12-2-1-3-13(8-12)18-9-10-4-5-14-11(6-10)7-15(21-14)16(19)20/h1-8,18H,9H2,(H,19,20). The van der Waals surface area contributed by atoms with E-state index in [0.29, 0.717) is 17.8 Å². The van der Waals surface area contributed by atoms with Gasteiger partial charge in [0.25, 0.3) is 0 Å². The number of hydrogen-bond acceptors (Lipinski definition) is 3. The summed E-state index contributed by atoms with van der Waals surface area (Å²) in [5.74, 6) is -1.47. The van der Waals surface area contributed by atoms with Gasteiger partial charge in [0, 0.05) is 17.6 Å². The molecule has 0 unspecified atom stereocenters.